The lowest BCUT2D eigenvalue weighted by Crippen LogP contribution is -2.60. The molecule has 2 aliphatic carbocycles. The maximum atomic E-state index is 14.2. The van der Waals surface area contributed by atoms with E-state index in [1.54, 1.807) is 18.7 Å². The summed E-state index contributed by atoms with van der Waals surface area (Å²) in [5.41, 5.74) is 0.0651. The van der Waals surface area contributed by atoms with Gasteiger partial charge in [-0.25, -0.2) is 4.98 Å². The van der Waals surface area contributed by atoms with E-state index in [4.69, 9.17) is 0 Å². The van der Waals surface area contributed by atoms with Crippen molar-refractivity contribution < 1.29 is 28.8 Å². The topological polar surface area (TPSA) is 180 Å². The van der Waals surface area contributed by atoms with Crippen LogP contribution in [0, 0.1) is 23.7 Å². The van der Waals surface area contributed by atoms with Crippen molar-refractivity contribution in [2.45, 2.75) is 116 Å². The number of amides is 5. The molecule has 1 aliphatic heterocycles. The molecule has 5 amide bonds. The zero-order valence-electron chi connectivity index (χ0n) is 27.6. The Balaban J connectivity index is 1.49. The molecule has 252 valence electrons. The Labute approximate surface area is 270 Å². The van der Waals surface area contributed by atoms with Crippen LogP contribution in [0.3, 0.4) is 0 Å². The minimum atomic E-state index is -0.986. The Hall–Kier alpha value is -3.90. The summed E-state index contributed by atoms with van der Waals surface area (Å²) in [6.07, 6.45) is 10.3. The van der Waals surface area contributed by atoms with E-state index < -0.39 is 53.6 Å². The Morgan fingerprint density at radius 1 is 0.891 bits per heavy atom. The van der Waals surface area contributed by atoms with Crippen LogP contribution in [0.5, 0.6) is 0 Å². The fraction of sp³-hybridized carbons (Fsp3) is 0.697. The van der Waals surface area contributed by atoms with Gasteiger partial charge in [0.2, 0.25) is 23.5 Å². The summed E-state index contributed by atoms with van der Waals surface area (Å²) in [6, 6.07) is -3.72. The van der Waals surface area contributed by atoms with Gasteiger partial charge in [0, 0.05) is 25.0 Å². The van der Waals surface area contributed by atoms with Gasteiger partial charge in [-0.1, -0.05) is 47.5 Å². The average Bonchev–Trinajstić information content (AvgIpc) is 3.61. The number of fused-ring (bicyclic) bond motifs is 1. The zero-order chi connectivity index (χ0) is 33.5. The number of likely N-dealkylation sites (tertiary alicyclic amines) is 1. The van der Waals surface area contributed by atoms with Crippen LogP contribution < -0.4 is 21.3 Å². The first kappa shape index (κ1) is 35.0. The van der Waals surface area contributed by atoms with E-state index in [-0.39, 0.29) is 41.3 Å². The average molecular weight is 640 g/mol. The largest absolute Gasteiger partial charge is 0.347 e. The molecular weight excluding hydrogens is 590 g/mol. The standard InChI is InChI=1S/C33H49N7O6/c1-6-9-23(28(41)32(45)36-21-11-8-12-21)37-31(44)27-22-13-7-10-20(22)17-40(27)33(46)26(19(4)5)39-30(43)25(18(2)3)38-29(42)24-16-34-14-15-35-24/h14-16,18-23,25-27H,6-13,17H2,1-5H3,(H,36,45)(H,37,44)(H,38,42)(H,39,43)/t20-,22-,23?,25-,26-,27-/m0/s1. The Bertz CT molecular complexity index is 1280. The lowest BCUT2D eigenvalue weighted by atomic mass is 9.92. The zero-order valence-corrected chi connectivity index (χ0v) is 27.6. The predicted molar refractivity (Wildman–Crippen MR) is 169 cm³/mol. The van der Waals surface area contributed by atoms with Crippen molar-refractivity contribution in [3.8, 4) is 0 Å². The molecule has 0 spiro atoms. The van der Waals surface area contributed by atoms with Crippen molar-refractivity contribution in [2.75, 3.05) is 6.54 Å². The molecule has 1 aromatic rings. The summed E-state index contributed by atoms with van der Waals surface area (Å²) in [7, 11) is 0. The molecule has 6 atom stereocenters. The molecule has 2 heterocycles. The molecule has 4 rings (SSSR count). The van der Waals surface area contributed by atoms with Crippen molar-refractivity contribution in [3.63, 3.8) is 0 Å². The summed E-state index contributed by atoms with van der Waals surface area (Å²) in [5.74, 6) is -3.86. The van der Waals surface area contributed by atoms with E-state index in [0.29, 0.717) is 19.4 Å². The number of nitrogens with one attached hydrogen (secondary N) is 4. The molecule has 2 saturated carbocycles. The molecule has 13 nitrogen and oxygen atoms in total. The maximum Gasteiger partial charge on any atom is 0.289 e. The van der Waals surface area contributed by atoms with E-state index in [9.17, 15) is 28.8 Å². The lowest BCUT2D eigenvalue weighted by Gasteiger charge is -2.34. The summed E-state index contributed by atoms with van der Waals surface area (Å²) in [4.78, 5) is 89.8. The fourth-order valence-electron chi connectivity index (χ4n) is 6.75. The smallest absolute Gasteiger partial charge is 0.289 e. The predicted octanol–water partition coefficient (Wildman–Crippen LogP) is 1.52. The second-order valence-corrected chi connectivity index (χ2v) is 13.6. The van der Waals surface area contributed by atoms with Crippen LogP contribution in [0.1, 0.15) is 96.5 Å². The molecule has 1 unspecified atom stereocenters. The monoisotopic (exact) mass is 639 g/mol. The van der Waals surface area contributed by atoms with Gasteiger partial charge in [-0.2, -0.15) is 0 Å². The third-order valence-electron chi connectivity index (χ3n) is 9.58. The van der Waals surface area contributed by atoms with Crippen molar-refractivity contribution in [2.24, 2.45) is 23.7 Å². The summed E-state index contributed by atoms with van der Waals surface area (Å²) < 4.78 is 0. The van der Waals surface area contributed by atoms with Crippen LogP contribution in [0.15, 0.2) is 18.6 Å². The number of aromatic nitrogens is 2. The van der Waals surface area contributed by atoms with E-state index in [1.165, 1.54) is 18.6 Å². The van der Waals surface area contributed by atoms with Gasteiger partial charge in [0.05, 0.1) is 12.2 Å². The molecule has 1 saturated heterocycles. The molecule has 1 aromatic heterocycles. The van der Waals surface area contributed by atoms with Crippen molar-refractivity contribution in [3.05, 3.63) is 24.3 Å². The summed E-state index contributed by atoms with van der Waals surface area (Å²) in [5, 5.41) is 11.2. The van der Waals surface area contributed by atoms with Gasteiger partial charge in [0.1, 0.15) is 23.8 Å². The van der Waals surface area contributed by atoms with Crippen LogP contribution >= 0.6 is 0 Å². The van der Waals surface area contributed by atoms with E-state index in [2.05, 4.69) is 31.2 Å². The molecule has 3 aliphatic rings. The van der Waals surface area contributed by atoms with Gasteiger partial charge in [0.25, 0.3) is 11.8 Å². The second-order valence-electron chi connectivity index (χ2n) is 13.6. The summed E-state index contributed by atoms with van der Waals surface area (Å²) >= 11 is 0. The van der Waals surface area contributed by atoms with Gasteiger partial charge in [-0.3, -0.25) is 33.8 Å². The number of rotatable bonds is 14. The first-order valence-corrected chi connectivity index (χ1v) is 16.8. The van der Waals surface area contributed by atoms with Crippen LogP contribution in [-0.4, -0.2) is 86.9 Å². The van der Waals surface area contributed by atoms with Gasteiger partial charge in [-0.15, -0.1) is 0 Å². The molecule has 46 heavy (non-hydrogen) atoms. The number of carbonyl (C=O) groups is 6. The fourth-order valence-corrected chi connectivity index (χ4v) is 6.75. The molecule has 0 bridgehead atoms. The number of ketones is 1. The van der Waals surface area contributed by atoms with E-state index >= 15 is 0 Å². The first-order valence-electron chi connectivity index (χ1n) is 16.8. The first-order chi connectivity index (χ1) is 21.9. The van der Waals surface area contributed by atoms with Crippen molar-refractivity contribution in [1.29, 1.82) is 0 Å². The minimum Gasteiger partial charge on any atom is -0.347 e. The Kier molecular flexibility index (Phi) is 11.9. The highest BCUT2D eigenvalue weighted by Crippen LogP contribution is 2.42. The normalized spacial score (nSPS) is 22.8. The maximum absolute atomic E-state index is 14.2. The highest BCUT2D eigenvalue weighted by Gasteiger charge is 2.51. The van der Waals surface area contributed by atoms with Gasteiger partial charge in [0.15, 0.2) is 0 Å². The number of Topliss-reactive ketones (excluding diaryl/α,β-unsaturated/α-hetero) is 1. The van der Waals surface area contributed by atoms with Crippen molar-refractivity contribution >= 4 is 35.3 Å². The number of carbonyl (C=O) groups excluding carboxylic acids is 6. The van der Waals surface area contributed by atoms with Crippen LogP contribution in [0.4, 0.5) is 0 Å². The van der Waals surface area contributed by atoms with E-state index in [1.807, 2.05) is 20.8 Å². The van der Waals surface area contributed by atoms with Crippen LogP contribution in [0.25, 0.3) is 0 Å². The van der Waals surface area contributed by atoms with Crippen molar-refractivity contribution in [1.82, 2.24) is 36.1 Å². The highest BCUT2D eigenvalue weighted by atomic mass is 16.2. The summed E-state index contributed by atoms with van der Waals surface area (Å²) in [6.45, 7) is 9.45. The molecule has 13 heteroatoms. The minimum absolute atomic E-state index is 0.00424. The Morgan fingerprint density at radius 3 is 2.17 bits per heavy atom. The van der Waals surface area contributed by atoms with Gasteiger partial charge < -0.3 is 26.2 Å². The molecule has 0 radical (unpaired) electrons. The molecule has 0 aromatic carbocycles. The molecule has 3 fully saturated rings. The second kappa shape index (κ2) is 15.6. The third-order valence-corrected chi connectivity index (χ3v) is 9.58. The van der Waals surface area contributed by atoms with Crippen LogP contribution in [0.2, 0.25) is 0 Å². The van der Waals surface area contributed by atoms with E-state index in [0.717, 1.165) is 38.5 Å². The number of hydrogen-bond acceptors (Lipinski definition) is 8. The van der Waals surface area contributed by atoms with Crippen LogP contribution in [-0.2, 0) is 24.0 Å². The lowest BCUT2D eigenvalue weighted by molar-refractivity contribution is -0.145. The molecular formula is C33H49N7O6. The van der Waals surface area contributed by atoms with Gasteiger partial charge >= 0.3 is 0 Å². The quantitative estimate of drug-likeness (QED) is 0.221. The third kappa shape index (κ3) is 8.08. The Morgan fingerprint density at radius 2 is 1.59 bits per heavy atom. The number of hydrogen-bond donors (Lipinski definition) is 4. The number of nitrogens with zero attached hydrogens (tertiary/aromatic N) is 3. The SMILES string of the molecule is CCCC(NC(=O)[C@@H]1[C@H]2CCC[C@H]2CN1C(=O)[C@@H](NC(=O)[C@@H](NC(=O)c1cnccn1)C(C)C)C(C)C)C(=O)C(=O)NC1CCC1. The van der Waals surface area contributed by atoms with Gasteiger partial charge in [-0.05, 0) is 62.2 Å². The highest BCUT2D eigenvalue weighted by molar-refractivity contribution is 6.38. The molecule has 4 N–H and O–H groups in total.